The van der Waals surface area contributed by atoms with Crippen LogP contribution in [-0.4, -0.2) is 23.3 Å². The van der Waals surface area contributed by atoms with Gasteiger partial charge >= 0.3 is 5.97 Å². The SMILES string of the molecule is C=CCC(C)(O)CCOC(=O)C(C)C. The summed E-state index contributed by atoms with van der Waals surface area (Å²) in [5, 5.41) is 9.70. The molecule has 0 aliphatic rings. The Morgan fingerprint density at radius 1 is 1.64 bits per heavy atom. The van der Waals surface area contributed by atoms with Crippen LogP contribution in [0.4, 0.5) is 0 Å². The third-order valence-electron chi connectivity index (χ3n) is 1.94. The van der Waals surface area contributed by atoms with Gasteiger partial charge in [-0.3, -0.25) is 4.79 Å². The van der Waals surface area contributed by atoms with Crippen LogP contribution >= 0.6 is 0 Å². The van der Waals surface area contributed by atoms with Crippen LogP contribution in [0.25, 0.3) is 0 Å². The average molecular weight is 200 g/mol. The lowest BCUT2D eigenvalue weighted by Gasteiger charge is -2.21. The highest BCUT2D eigenvalue weighted by molar-refractivity contribution is 5.71. The van der Waals surface area contributed by atoms with Gasteiger partial charge in [-0.05, 0) is 13.3 Å². The van der Waals surface area contributed by atoms with Crippen molar-refractivity contribution in [2.75, 3.05) is 6.61 Å². The number of rotatable bonds is 6. The first kappa shape index (κ1) is 13.2. The summed E-state index contributed by atoms with van der Waals surface area (Å²) in [4.78, 5) is 11.1. The lowest BCUT2D eigenvalue weighted by Crippen LogP contribution is -2.26. The number of carbonyl (C=O) groups is 1. The highest BCUT2D eigenvalue weighted by Crippen LogP contribution is 2.14. The predicted octanol–water partition coefficient (Wildman–Crippen LogP) is 1.90. The number of esters is 1. The quantitative estimate of drug-likeness (QED) is 0.526. The van der Waals surface area contributed by atoms with Gasteiger partial charge in [0, 0.05) is 6.42 Å². The van der Waals surface area contributed by atoms with Gasteiger partial charge in [-0.25, -0.2) is 0 Å². The fourth-order valence-electron chi connectivity index (χ4n) is 0.951. The van der Waals surface area contributed by atoms with Gasteiger partial charge in [0.2, 0.25) is 0 Å². The van der Waals surface area contributed by atoms with Crippen LogP contribution < -0.4 is 0 Å². The Morgan fingerprint density at radius 2 is 2.21 bits per heavy atom. The molecule has 0 amide bonds. The summed E-state index contributed by atoms with van der Waals surface area (Å²) in [5.41, 5.74) is -0.820. The minimum atomic E-state index is -0.820. The molecule has 82 valence electrons. The Morgan fingerprint density at radius 3 is 2.64 bits per heavy atom. The summed E-state index contributed by atoms with van der Waals surface area (Å²) in [7, 11) is 0. The van der Waals surface area contributed by atoms with E-state index in [1.165, 1.54) is 0 Å². The molecule has 14 heavy (non-hydrogen) atoms. The molecule has 0 saturated heterocycles. The van der Waals surface area contributed by atoms with Crippen molar-refractivity contribution < 1.29 is 14.6 Å². The Labute approximate surface area is 85.8 Å². The van der Waals surface area contributed by atoms with Gasteiger partial charge in [0.15, 0.2) is 0 Å². The predicted molar refractivity (Wildman–Crippen MR) is 55.9 cm³/mol. The molecule has 0 aromatic carbocycles. The van der Waals surface area contributed by atoms with Gasteiger partial charge in [0.05, 0.1) is 18.1 Å². The molecule has 1 N–H and O–H groups in total. The first-order valence-electron chi connectivity index (χ1n) is 4.89. The molecular weight excluding hydrogens is 180 g/mol. The van der Waals surface area contributed by atoms with E-state index in [-0.39, 0.29) is 18.5 Å². The Hall–Kier alpha value is -0.830. The van der Waals surface area contributed by atoms with Crippen molar-refractivity contribution in [2.45, 2.75) is 39.2 Å². The fraction of sp³-hybridized carbons (Fsp3) is 0.727. The number of hydrogen-bond acceptors (Lipinski definition) is 3. The molecule has 0 heterocycles. The van der Waals surface area contributed by atoms with Crippen molar-refractivity contribution in [1.82, 2.24) is 0 Å². The molecule has 0 rings (SSSR count). The minimum Gasteiger partial charge on any atom is -0.465 e. The van der Waals surface area contributed by atoms with Crippen LogP contribution in [-0.2, 0) is 9.53 Å². The summed E-state index contributed by atoms with van der Waals surface area (Å²) in [6, 6.07) is 0. The van der Waals surface area contributed by atoms with Crippen molar-refractivity contribution in [1.29, 1.82) is 0 Å². The molecule has 0 aromatic rings. The van der Waals surface area contributed by atoms with E-state index in [1.54, 1.807) is 26.8 Å². The maximum Gasteiger partial charge on any atom is 0.308 e. The molecule has 0 aromatic heterocycles. The molecule has 1 unspecified atom stereocenters. The second-order valence-electron chi connectivity index (χ2n) is 4.06. The van der Waals surface area contributed by atoms with Crippen molar-refractivity contribution in [2.24, 2.45) is 5.92 Å². The van der Waals surface area contributed by atoms with Crippen LogP contribution in [0.15, 0.2) is 12.7 Å². The summed E-state index contributed by atoms with van der Waals surface area (Å²) in [5.74, 6) is -0.334. The Kier molecular flexibility index (Phi) is 5.46. The second kappa shape index (κ2) is 5.81. The zero-order valence-electron chi connectivity index (χ0n) is 9.25. The Bertz CT molecular complexity index is 195. The van der Waals surface area contributed by atoms with Crippen LogP contribution in [0, 0.1) is 5.92 Å². The average Bonchev–Trinajstić information content (AvgIpc) is 2.03. The summed E-state index contributed by atoms with van der Waals surface area (Å²) in [6.07, 6.45) is 2.61. The van der Waals surface area contributed by atoms with Gasteiger partial charge in [-0.1, -0.05) is 19.9 Å². The van der Waals surface area contributed by atoms with Gasteiger partial charge in [-0.2, -0.15) is 0 Å². The molecule has 0 bridgehead atoms. The van der Waals surface area contributed by atoms with Crippen LogP contribution in [0.1, 0.15) is 33.6 Å². The molecule has 0 aliphatic heterocycles. The largest absolute Gasteiger partial charge is 0.465 e. The fourth-order valence-corrected chi connectivity index (χ4v) is 0.951. The molecule has 0 spiro atoms. The van der Waals surface area contributed by atoms with E-state index < -0.39 is 5.60 Å². The molecule has 0 saturated carbocycles. The van der Waals surface area contributed by atoms with Gasteiger partial charge < -0.3 is 9.84 Å². The summed E-state index contributed by atoms with van der Waals surface area (Å²) < 4.78 is 4.95. The zero-order chi connectivity index (χ0) is 11.2. The van der Waals surface area contributed by atoms with Crippen molar-refractivity contribution in [3.05, 3.63) is 12.7 Å². The third kappa shape index (κ3) is 5.75. The van der Waals surface area contributed by atoms with Crippen molar-refractivity contribution in [3.8, 4) is 0 Å². The second-order valence-corrected chi connectivity index (χ2v) is 4.06. The van der Waals surface area contributed by atoms with Crippen LogP contribution in [0.5, 0.6) is 0 Å². The van der Waals surface area contributed by atoms with Gasteiger partial charge in [0.1, 0.15) is 0 Å². The van der Waals surface area contributed by atoms with Gasteiger partial charge in [0.25, 0.3) is 0 Å². The molecule has 3 heteroatoms. The van der Waals surface area contributed by atoms with E-state index in [4.69, 9.17) is 4.74 Å². The van der Waals surface area contributed by atoms with E-state index in [0.717, 1.165) is 0 Å². The summed E-state index contributed by atoms with van der Waals surface area (Å²) in [6.45, 7) is 9.08. The number of hydrogen-bond donors (Lipinski definition) is 1. The van der Waals surface area contributed by atoms with Crippen molar-refractivity contribution >= 4 is 5.97 Å². The zero-order valence-corrected chi connectivity index (χ0v) is 9.25. The molecule has 1 atom stereocenters. The third-order valence-corrected chi connectivity index (χ3v) is 1.94. The maximum atomic E-state index is 11.1. The van der Waals surface area contributed by atoms with Crippen LogP contribution in [0.2, 0.25) is 0 Å². The number of ether oxygens (including phenoxy) is 1. The van der Waals surface area contributed by atoms with E-state index in [9.17, 15) is 9.90 Å². The first-order chi connectivity index (χ1) is 6.39. The number of aliphatic hydroxyl groups is 1. The Balaban J connectivity index is 3.73. The standard InChI is InChI=1S/C11H20O3/c1-5-6-11(4,13)7-8-14-10(12)9(2)3/h5,9,13H,1,6-8H2,2-4H3. The molecule has 3 nitrogen and oxygen atoms in total. The van der Waals surface area contributed by atoms with E-state index in [0.29, 0.717) is 12.8 Å². The number of carbonyl (C=O) groups excluding carboxylic acids is 1. The minimum absolute atomic E-state index is 0.112. The van der Waals surface area contributed by atoms with Crippen molar-refractivity contribution in [3.63, 3.8) is 0 Å². The first-order valence-corrected chi connectivity index (χ1v) is 4.89. The smallest absolute Gasteiger partial charge is 0.308 e. The lowest BCUT2D eigenvalue weighted by atomic mass is 9.99. The van der Waals surface area contributed by atoms with E-state index in [2.05, 4.69) is 6.58 Å². The monoisotopic (exact) mass is 200 g/mol. The van der Waals surface area contributed by atoms with Crippen LogP contribution in [0.3, 0.4) is 0 Å². The summed E-state index contributed by atoms with van der Waals surface area (Å²) >= 11 is 0. The molecular formula is C11H20O3. The highest BCUT2D eigenvalue weighted by Gasteiger charge is 2.19. The van der Waals surface area contributed by atoms with E-state index >= 15 is 0 Å². The highest BCUT2D eigenvalue weighted by atomic mass is 16.5. The topological polar surface area (TPSA) is 46.5 Å². The van der Waals surface area contributed by atoms with E-state index in [1.807, 2.05) is 0 Å². The molecule has 0 fully saturated rings. The maximum absolute atomic E-state index is 11.1. The molecule has 0 aliphatic carbocycles. The normalized spacial score (nSPS) is 14.9. The lowest BCUT2D eigenvalue weighted by molar-refractivity contribution is -0.148. The molecule has 0 radical (unpaired) electrons. The van der Waals surface area contributed by atoms with Gasteiger partial charge in [-0.15, -0.1) is 6.58 Å².